The lowest BCUT2D eigenvalue weighted by Gasteiger charge is -1.97. The van der Waals surface area contributed by atoms with E-state index in [1.165, 1.54) is 38.5 Å². The van der Waals surface area contributed by atoms with Crippen LogP contribution in [-0.4, -0.2) is 0 Å². The summed E-state index contributed by atoms with van der Waals surface area (Å²) in [5.41, 5.74) is 0. The Bertz CT molecular complexity index is 62.1. The molecule has 0 aromatic rings. The van der Waals surface area contributed by atoms with Crippen molar-refractivity contribution in [2.24, 2.45) is 0 Å². The predicted molar refractivity (Wildman–Crippen MR) is 59.5 cm³/mol. The first-order valence-electron chi connectivity index (χ1n) is 5.48. The van der Waals surface area contributed by atoms with Gasteiger partial charge in [0.1, 0.15) is 0 Å². The van der Waals surface area contributed by atoms with Gasteiger partial charge in [0, 0.05) is 0 Å². The molecule has 0 radical (unpaired) electrons. The Labute approximate surface area is 79.1 Å². The summed E-state index contributed by atoms with van der Waals surface area (Å²) in [7, 11) is 0. The number of rotatable bonds is 0. The van der Waals surface area contributed by atoms with Crippen LogP contribution in [0.3, 0.4) is 0 Å². The number of hydrogen-bond acceptors (Lipinski definition) is 0. The molecule has 0 fully saturated rings. The molecule has 0 N–H and O–H groups in total. The Hall–Kier alpha value is -0.260. The van der Waals surface area contributed by atoms with Crippen LogP contribution in [0.4, 0.5) is 0 Å². The summed E-state index contributed by atoms with van der Waals surface area (Å²) in [4.78, 5) is 0. The molecule has 0 atom stereocenters. The van der Waals surface area contributed by atoms with Crippen molar-refractivity contribution < 1.29 is 0 Å². The van der Waals surface area contributed by atoms with E-state index in [0.29, 0.717) is 0 Å². The molecule has 0 aromatic carbocycles. The molecular weight excluding hydrogens is 144 g/mol. The smallest absolute Gasteiger partial charge is 0.0351 e. The Morgan fingerprint density at radius 3 is 1.08 bits per heavy atom. The zero-order valence-corrected chi connectivity index (χ0v) is 9.40. The lowest BCUT2D eigenvalue weighted by atomic mass is 10.1. The summed E-state index contributed by atoms with van der Waals surface area (Å²) in [5.74, 6) is 0. The fourth-order valence-corrected chi connectivity index (χ4v) is 0.760. The molecule has 0 amide bonds. The maximum Gasteiger partial charge on any atom is -0.0351 e. The predicted octanol–water partition coefficient (Wildman–Crippen LogP) is 4.95. The first kappa shape index (κ1) is 14.3. The van der Waals surface area contributed by atoms with E-state index in [1.807, 2.05) is 0 Å². The van der Waals surface area contributed by atoms with Gasteiger partial charge in [-0.1, -0.05) is 52.7 Å². The first-order chi connectivity index (χ1) is 5.83. The maximum atomic E-state index is 2.27. The Morgan fingerprint density at radius 2 is 1.00 bits per heavy atom. The van der Waals surface area contributed by atoms with Gasteiger partial charge in [-0.25, -0.2) is 0 Å². The third-order valence-electron chi connectivity index (χ3n) is 1.16. The van der Waals surface area contributed by atoms with Gasteiger partial charge in [0.15, 0.2) is 0 Å². The van der Waals surface area contributed by atoms with E-state index in [2.05, 4.69) is 39.8 Å². The van der Waals surface area contributed by atoms with Crippen LogP contribution in [0.15, 0.2) is 12.2 Å². The van der Waals surface area contributed by atoms with Crippen LogP contribution in [-0.2, 0) is 0 Å². The summed E-state index contributed by atoms with van der Waals surface area (Å²) in [6.45, 7) is 8.50. The molecule has 0 spiro atoms. The zero-order valence-electron chi connectivity index (χ0n) is 9.40. The van der Waals surface area contributed by atoms with Crippen molar-refractivity contribution >= 4 is 0 Å². The molecule has 0 heterocycles. The molecule has 0 aromatic heterocycles. The average molecular weight is 170 g/mol. The molecule has 0 bridgehead atoms. The Morgan fingerprint density at radius 1 is 0.750 bits per heavy atom. The van der Waals surface area contributed by atoms with Crippen LogP contribution in [0.1, 0.15) is 66.2 Å². The van der Waals surface area contributed by atoms with E-state index in [-0.39, 0.29) is 0 Å². The van der Waals surface area contributed by atoms with Crippen molar-refractivity contribution in [3.63, 3.8) is 0 Å². The molecule has 0 saturated heterocycles. The monoisotopic (exact) mass is 170 g/mol. The second-order valence-electron chi connectivity index (χ2n) is 3.17. The lowest BCUT2D eigenvalue weighted by molar-refractivity contribution is 0.730. The Kier molecular flexibility index (Phi) is 20.2. The zero-order chi connectivity index (χ0) is 9.66. The molecule has 0 saturated carbocycles. The normalized spacial score (nSPS) is 13.7. The first-order valence-corrected chi connectivity index (χ1v) is 5.48. The summed E-state index contributed by atoms with van der Waals surface area (Å²) in [6.07, 6.45) is 12.5. The summed E-state index contributed by atoms with van der Waals surface area (Å²) >= 11 is 0. The van der Waals surface area contributed by atoms with E-state index in [0.717, 1.165) is 0 Å². The quantitative estimate of drug-likeness (QED) is 0.451. The van der Waals surface area contributed by atoms with E-state index in [1.54, 1.807) is 0 Å². The standard InChI is InChI=1S/C6H10.2C3H8/c1-2-4-6-5-3-1;2*1-3-2/h1-2H,3-6H2;2*3H2,1-2H3. The van der Waals surface area contributed by atoms with E-state index in [4.69, 9.17) is 0 Å². The fraction of sp³-hybridized carbons (Fsp3) is 0.833. The topological polar surface area (TPSA) is 0 Å². The minimum atomic E-state index is 1.25. The molecule has 0 unspecified atom stereocenters. The van der Waals surface area contributed by atoms with Crippen LogP contribution in [0.25, 0.3) is 0 Å². The van der Waals surface area contributed by atoms with Crippen molar-refractivity contribution in [3.8, 4) is 0 Å². The molecule has 1 aliphatic rings. The van der Waals surface area contributed by atoms with Crippen molar-refractivity contribution in [1.82, 2.24) is 0 Å². The van der Waals surface area contributed by atoms with Gasteiger partial charge in [-0.2, -0.15) is 0 Å². The van der Waals surface area contributed by atoms with Crippen LogP contribution < -0.4 is 0 Å². The Balaban J connectivity index is 0. The van der Waals surface area contributed by atoms with Gasteiger partial charge in [0.25, 0.3) is 0 Å². The molecule has 12 heavy (non-hydrogen) atoms. The molecule has 0 nitrogen and oxygen atoms in total. The largest absolute Gasteiger partial charge is 0.0885 e. The summed E-state index contributed by atoms with van der Waals surface area (Å²) in [6, 6.07) is 0. The van der Waals surface area contributed by atoms with Crippen molar-refractivity contribution in [3.05, 3.63) is 12.2 Å². The average Bonchev–Trinajstić information content (AvgIpc) is 2.10. The fourth-order valence-electron chi connectivity index (χ4n) is 0.760. The lowest BCUT2D eigenvalue weighted by Crippen LogP contribution is -1.77. The summed E-state index contributed by atoms with van der Waals surface area (Å²) < 4.78 is 0. The third kappa shape index (κ3) is 22.6. The highest BCUT2D eigenvalue weighted by molar-refractivity contribution is 4.85. The van der Waals surface area contributed by atoms with Gasteiger partial charge in [-0.15, -0.1) is 0 Å². The highest BCUT2D eigenvalue weighted by Gasteiger charge is 1.87. The van der Waals surface area contributed by atoms with Gasteiger partial charge in [-0.3, -0.25) is 0 Å². The van der Waals surface area contributed by atoms with Crippen LogP contribution in [0.5, 0.6) is 0 Å². The molecule has 1 aliphatic carbocycles. The number of allylic oxidation sites excluding steroid dienone is 2. The van der Waals surface area contributed by atoms with Gasteiger partial charge in [0.05, 0.1) is 0 Å². The SMILES string of the molecule is C1=CCCCC1.CCC.CCC. The second-order valence-corrected chi connectivity index (χ2v) is 3.17. The van der Waals surface area contributed by atoms with E-state index < -0.39 is 0 Å². The highest BCUT2D eigenvalue weighted by atomic mass is 13.9. The van der Waals surface area contributed by atoms with Crippen LogP contribution >= 0.6 is 0 Å². The van der Waals surface area contributed by atoms with Gasteiger partial charge < -0.3 is 0 Å². The highest BCUT2D eigenvalue weighted by Crippen LogP contribution is 2.07. The van der Waals surface area contributed by atoms with Gasteiger partial charge in [0.2, 0.25) is 0 Å². The molecular formula is C12H26. The molecule has 1 rings (SSSR count). The molecule has 0 aliphatic heterocycles. The minimum absolute atomic E-state index is 1.25. The van der Waals surface area contributed by atoms with Crippen molar-refractivity contribution in [1.29, 1.82) is 0 Å². The molecule has 0 heteroatoms. The van der Waals surface area contributed by atoms with E-state index in [9.17, 15) is 0 Å². The van der Waals surface area contributed by atoms with Gasteiger partial charge >= 0.3 is 0 Å². The third-order valence-corrected chi connectivity index (χ3v) is 1.16. The van der Waals surface area contributed by atoms with Crippen LogP contribution in [0.2, 0.25) is 0 Å². The minimum Gasteiger partial charge on any atom is -0.0885 e. The van der Waals surface area contributed by atoms with Gasteiger partial charge in [-0.05, 0) is 25.7 Å². The summed E-state index contributed by atoms with van der Waals surface area (Å²) in [5, 5.41) is 0. The van der Waals surface area contributed by atoms with Crippen molar-refractivity contribution in [2.75, 3.05) is 0 Å². The van der Waals surface area contributed by atoms with Crippen LogP contribution in [0, 0.1) is 0 Å². The van der Waals surface area contributed by atoms with E-state index >= 15 is 0 Å². The van der Waals surface area contributed by atoms with Crippen molar-refractivity contribution in [2.45, 2.75) is 66.2 Å². The maximum absolute atomic E-state index is 2.27. The molecule has 74 valence electrons. The second kappa shape index (κ2) is 17.0. The number of hydrogen-bond donors (Lipinski definition) is 0.